The second-order valence-corrected chi connectivity index (χ2v) is 7.78. The summed E-state index contributed by atoms with van der Waals surface area (Å²) in [5.74, 6) is -0.978. The lowest BCUT2D eigenvalue weighted by Crippen LogP contribution is -2.30. The van der Waals surface area contributed by atoms with Gasteiger partial charge in [0.25, 0.3) is 17.7 Å². The number of fused-ring (bicyclic) bond motifs is 1. The van der Waals surface area contributed by atoms with Crippen LogP contribution in [-0.4, -0.2) is 22.7 Å². The molecule has 0 atom stereocenters. The lowest BCUT2D eigenvalue weighted by molar-refractivity contribution is 0.0925. The summed E-state index contributed by atoms with van der Waals surface area (Å²) in [6, 6.07) is 9.97. The lowest BCUT2D eigenvalue weighted by Gasteiger charge is -2.17. The second kappa shape index (κ2) is 7.42. The van der Waals surface area contributed by atoms with Gasteiger partial charge in [0.15, 0.2) is 5.13 Å². The van der Waals surface area contributed by atoms with Crippen molar-refractivity contribution >= 4 is 51.5 Å². The Labute approximate surface area is 176 Å². The van der Waals surface area contributed by atoms with E-state index in [0.29, 0.717) is 16.5 Å². The number of nitrogens with zero attached hydrogens (tertiary/aromatic N) is 2. The fourth-order valence-electron chi connectivity index (χ4n) is 3.17. The van der Waals surface area contributed by atoms with Crippen LogP contribution in [0.15, 0.2) is 41.8 Å². The van der Waals surface area contributed by atoms with Crippen LogP contribution in [0, 0.1) is 13.8 Å². The van der Waals surface area contributed by atoms with Crippen molar-refractivity contribution in [3.8, 4) is 0 Å². The molecule has 0 saturated carbocycles. The van der Waals surface area contributed by atoms with Gasteiger partial charge >= 0.3 is 0 Å². The summed E-state index contributed by atoms with van der Waals surface area (Å²) in [6.07, 6.45) is 0. The van der Waals surface area contributed by atoms with Crippen LogP contribution in [0.1, 0.15) is 47.9 Å². The summed E-state index contributed by atoms with van der Waals surface area (Å²) in [5.41, 5.74) is 3.84. The van der Waals surface area contributed by atoms with E-state index in [1.54, 1.807) is 11.4 Å². The third-order valence-electron chi connectivity index (χ3n) is 4.87. The van der Waals surface area contributed by atoms with Crippen LogP contribution >= 0.6 is 22.9 Å². The quantitative estimate of drug-likeness (QED) is 0.491. The van der Waals surface area contributed by atoms with Crippen molar-refractivity contribution in [2.45, 2.75) is 19.7 Å². The highest BCUT2D eigenvalue weighted by Gasteiger charge is 2.38. The second-order valence-electron chi connectivity index (χ2n) is 6.66. The first-order valence-electron chi connectivity index (χ1n) is 8.81. The molecule has 0 saturated heterocycles. The summed E-state index contributed by atoms with van der Waals surface area (Å²) >= 11 is 7.00. The van der Waals surface area contributed by atoms with E-state index in [9.17, 15) is 14.4 Å². The minimum Gasteiger partial charge on any atom is -0.298 e. The third kappa shape index (κ3) is 3.32. The summed E-state index contributed by atoms with van der Waals surface area (Å²) in [7, 11) is 0. The van der Waals surface area contributed by atoms with Gasteiger partial charge in [-0.25, -0.2) is 9.88 Å². The number of aromatic nitrogens is 1. The van der Waals surface area contributed by atoms with Crippen LogP contribution in [0.4, 0.5) is 10.8 Å². The van der Waals surface area contributed by atoms with E-state index >= 15 is 0 Å². The summed E-state index contributed by atoms with van der Waals surface area (Å²) < 4.78 is 0. The number of halogens is 1. The molecule has 2 heterocycles. The van der Waals surface area contributed by atoms with Crippen LogP contribution in [0.25, 0.3) is 0 Å². The van der Waals surface area contributed by atoms with Gasteiger partial charge in [0.05, 0.1) is 28.4 Å². The number of hydrogen-bond acceptors (Lipinski definition) is 5. The zero-order chi connectivity index (χ0) is 20.7. The number of benzene rings is 2. The van der Waals surface area contributed by atoms with Crippen molar-refractivity contribution in [3.63, 3.8) is 0 Å². The van der Waals surface area contributed by atoms with Gasteiger partial charge in [-0.15, -0.1) is 22.9 Å². The molecule has 0 unspecified atom stereocenters. The molecule has 3 amide bonds. The Hall–Kier alpha value is -3.03. The Morgan fingerprint density at radius 3 is 2.62 bits per heavy atom. The number of thiazole rings is 1. The molecule has 29 heavy (non-hydrogen) atoms. The predicted octanol–water partition coefficient (Wildman–Crippen LogP) is 4.55. The van der Waals surface area contributed by atoms with Crippen LogP contribution in [0.3, 0.4) is 0 Å². The molecule has 0 spiro atoms. The molecule has 146 valence electrons. The summed E-state index contributed by atoms with van der Waals surface area (Å²) in [5, 5.41) is 4.87. The minimum absolute atomic E-state index is 0.212. The fourth-order valence-corrected chi connectivity index (χ4v) is 4.11. The van der Waals surface area contributed by atoms with Crippen molar-refractivity contribution in [2.24, 2.45) is 0 Å². The maximum absolute atomic E-state index is 13.0. The highest BCUT2D eigenvalue weighted by molar-refractivity contribution is 7.14. The SMILES string of the molecule is Cc1cccc(N2C(=O)c3ccc(C(=O)Nc4nc(CCl)cs4)cc3C2=O)c1C. The Balaban J connectivity index is 1.64. The summed E-state index contributed by atoms with van der Waals surface area (Å²) in [4.78, 5) is 43.8. The predicted molar refractivity (Wildman–Crippen MR) is 113 cm³/mol. The maximum Gasteiger partial charge on any atom is 0.266 e. The van der Waals surface area contributed by atoms with E-state index in [4.69, 9.17) is 11.6 Å². The molecular formula is C21H16ClN3O3S. The molecule has 3 aromatic rings. The van der Waals surface area contributed by atoms with E-state index in [1.807, 2.05) is 26.0 Å². The number of amides is 3. The molecule has 8 heteroatoms. The monoisotopic (exact) mass is 425 g/mol. The highest BCUT2D eigenvalue weighted by Crippen LogP contribution is 2.32. The van der Waals surface area contributed by atoms with E-state index in [-0.39, 0.29) is 22.6 Å². The molecule has 0 bridgehead atoms. The Kier molecular flexibility index (Phi) is 4.94. The van der Waals surface area contributed by atoms with Gasteiger partial charge in [-0.3, -0.25) is 19.7 Å². The van der Waals surface area contributed by atoms with E-state index in [1.165, 1.54) is 34.4 Å². The standard InChI is InChI=1S/C21H16ClN3O3S/c1-11-4-3-5-17(12(11)2)25-19(27)15-7-6-13(8-16(15)20(25)28)18(26)24-21-23-14(9-22)10-29-21/h3-8,10H,9H2,1-2H3,(H,23,24,26). The van der Waals surface area contributed by atoms with Gasteiger partial charge in [-0.05, 0) is 49.2 Å². The molecule has 1 aliphatic heterocycles. The molecule has 2 aromatic carbocycles. The van der Waals surface area contributed by atoms with Crippen molar-refractivity contribution in [2.75, 3.05) is 10.2 Å². The Morgan fingerprint density at radius 2 is 1.90 bits per heavy atom. The van der Waals surface area contributed by atoms with Crippen LogP contribution in [0.2, 0.25) is 0 Å². The van der Waals surface area contributed by atoms with Gasteiger partial charge in [-0.2, -0.15) is 0 Å². The number of rotatable bonds is 4. The molecule has 4 rings (SSSR count). The smallest absolute Gasteiger partial charge is 0.266 e. The van der Waals surface area contributed by atoms with Crippen LogP contribution < -0.4 is 10.2 Å². The number of carbonyl (C=O) groups excluding carboxylic acids is 3. The first kappa shape index (κ1) is 19.3. The zero-order valence-corrected chi connectivity index (χ0v) is 17.2. The molecule has 6 nitrogen and oxygen atoms in total. The van der Waals surface area contributed by atoms with Gasteiger partial charge in [0.2, 0.25) is 0 Å². The molecule has 1 aromatic heterocycles. The number of nitrogens with one attached hydrogen (secondary N) is 1. The molecule has 1 aliphatic rings. The Bertz CT molecular complexity index is 1170. The molecule has 1 N–H and O–H groups in total. The van der Waals surface area contributed by atoms with Crippen LogP contribution in [-0.2, 0) is 5.88 Å². The Morgan fingerprint density at radius 1 is 1.14 bits per heavy atom. The third-order valence-corrected chi connectivity index (χ3v) is 5.96. The van der Waals surface area contributed by atoms with Crippen molar-refractivity contribution in [3.05, 3.63) is 75.3 Å². The number of alkyl halides is 1. The van der Waals surface area contributed by atoms with E-state index < -0.39 is 17.7 Å². The van der Waals surface area contributed by atoms with Gasteiger partial charge in [-0.1, -0.05) is 12.1 Å². The highest BCUT2D eigenvalue weighted by atomic mass is 35.5. The topological polar surface area (TPSA) is 79.4 Å². The zero-order valence-electron chi connectivity index (χ0n) is 15.7. The minimum atomic E-state index is -0.438. The number of carbonyl (C=O) groups is 3. The number of imide groups is 1. The van der Waals surface area contributed by atoms with Crippen molar-refractivity contribution < 1.29 is 14.4 Å². The normalized spacial score (nSPS) is 13.0. The molecule has 0 aliphatic carbocycles. The average molecular weight is 426 g/mol. The van der Waals surface area contributed by atoms with E-state index in [2.05, 4.69) is 10.3 Å². The van der Waals surface area contributed by atoms with Crippen molar-refractivity contribution in [1.29, 1.82) is 0 Å². The maximum atomic E-state index is 13.0. The van der Waals surface area contributed by atoms with Gasteiger partial charge in [0.1, 0.15) is 0 Å². The largest absolute Gasteiger partial charge is 0.298 e. The van der Waals surface area contributed by atoms with E-state index in [0.717, 1.165) is 11.1 Å². The van der Waals surface area contributed by atoms with Gasteiger partial charge in [0, 0.05) is 10.9 Å². The fraction of sp³-hybridized carbons (Fsp3) is 0.143. The summed E-state index contributed by atoms with van der Waals surface area (Å²) in [6.45, 7) is 3.80. The molecule has 0 fully saturated rings. The first-order chi connectivity index (χ1) is 13.9. The number of anilines is 2. The lowest BCUT2D eigenvalue weighted by atomic mass is 10.1. The molecule has 0 radical (unpaired) electrons. The number of aryl methyl sites for hydroxylation is 1. The van der Waals surface area contributed by atoms with Crippen molar-refractivity contribution in [1.82, 2.24) is 4.98 Å². The molecular weight excluding hydrogens is 410 g/mol. The number of hydrogen-bond donors (Lipinski definition) is 1. The average Bonchev–Trinajstić information content (AvgIpc) is 3.27. The van der Waals surface area contributed by atoms with Crippen LogP contribution in [0.5, 0.6) is 0 Å². The van der Waals surface area contributed by atoms with Gasteiger partial charge < -0.3 is 0 Å². The first-order valence-corrected chi connectivity index (χ1v) is 10.2.